The Morgan fingerprint density at radius 2 is 1.35 bits per heavy atom. The van der Waals surface area contributed by atoms with Crippen LogP contribution in [0.5, 0.6) is 0 Å². The molecule has 0 spiro atoms. The molecule has 0 aliphatic rings. The Balaban J connectivity index is 1.74. The van der Waals surface area contributed by atoms with Crippen LogP contribution < -0.4 is 0 Å². The molecule has 3 aromatic rings. The molecule has 0 aromatic heterocycles. The molecule has 3 rings (SSSR count). The molecule has 0 unspecified atom stereocenters. The summed E-state index contributed by atoms with van der Waals surface area (Å²) in [7, 11) is -7.28. The topological polar surface area (TPSA) is 120 Å². The summed E-state index contributed by atoms with van der Waals surface area (Å²) in [4.78, 5) is 5.97. The van der Waals surface area contributed by atoms with E-state index in [0.717, 1.165) is 23.4 Å². The first-order valence-electron chi connectivity index (χ1n) is 10.3. The van der Waals surface area contributed by atoms with Crippen LogP contribution in [0, 0.1) is 0 Å². The Bertz CT molecular complexity index is 1350. The van der Waals surface area contributed by atoms with Crippen LogP contribution in [0.2, 0.25) is 0 Å². The molecule has 11 heteroatoms. The summed E-state index contributed by atoms with van der Waals surface area (Å²) in [6.07, 6.45) is 1.18. The van der Waals surface area contributed by atoms with Gasteiger partial charge in [-0.2, -0.15) is 0 Å². The number of sulfonamides is 1. The van der Waals surface area contributed by atoms with Gasteiger partial charge in [-0.05, 0) is 53.1 Å². The molecule has 0 saturated heterocycles. The highest BCUT2D eigenvalue weighted by molar-refractivity contribution is 7.99. The van der Waals surface area contributed by atoms with Crippen LogP contribution in [0.25, 0.3) is 10.4 Å². The number of thioether (sulfide) groups is 1. The summed E-state index contributed by atoms with van der Waals surface area (Å²) in [6.45, 7) is 1.91. The number of sulfone groups is 1. The second-order valence-corrected chi connectivity index (χ2v) is 12.3. The summed E-state index contributed by atoms with van der Waals surface area (Å²) in [6, 6.07) is 23.2. The molecule has 34 heavy (non-hydrogen) atoms. The van der Waals surface area contributed by atoms with Crippen molar-refractivity contribution in [3.63, 3.8) is 0 Å². The molecule has 3 aromatic carbocycles. The molecule has 0 bridgehead atoms. The van der Waals surface area contributed by atoms with Gasteiger partial charge in [0.15, 0.2) is 9.84 Å². The molecule has 0 fully saturated rings. The molecule has 0 radical (unpaired) electrons. The zero-order valence-electron chi connectivity index (χ0n) is 18.5. The number of nitrogens with zero attached hydrogens (tertiary/aromatic N) is 4. The Kier molecular flexibility index (Phi) is 8.76. The number of hydrogen-bond acceptors (Lipinski definition) is 6. The van der Waals surface area contributed by atoms with E-state index in [1.165, 1.54) is 23.3 Å². The zero-order valence-corrected chi connectivity index (χ0v) is 20.9. The van der Waals surface area contributed by atoms with Crippen LogP contribution in [-0.4, -0.2) is 40.3 Å². The van der Waals surface area contributed by atoms with Crippen LogP contribution >= 0.6 is 11.8 Å². The van der Waals surface area contributed by atoms with Crippen molar-refractivity contribution in [2.45, 2.75) is 27.8 Å². The third kappa shape index (κ3) is 7.61. The fraction of sp³-hybridized carbons (Fsp3) is 0.217. The van der Waals surface area contributed by atoms with E-state index in [1.807, 2.05) is 30.3 Å². The zero-order chi connectivity index (χ0) is 24.6. The molecule has 178 valence electrons. The third-order valence-corrected chi connectivity index (χ3v) is 8.23. The van der Waals surface area contributed by atoms with Crippen LogP contribution in [-0.2, 0) is 33.0 Å². The molecule has 0 heterocycles. The average molecular weight is 517 g/mol. The van der Waals surface area contributed by atoms with Crippen molar-refractivity contribution in [1.82, 2.24) is 4.90 Å². The minimum absolute atomic E-state index is 0.0587. The molecule has 0 saturated carbocycles. The van der Waals surface area contributed by atoms with E-state index in [-0.39, 0.29) is 9.79 Å². The highest BCUT2D eigenvalue weighted by Crippen LogP contribution is 2.20. The molecule has 8 nitrogen and oxygen atoms in total. The van der Waals surface area contributed by atoms with Crippen molar-refractivity contribution in [3.8, 4) is 0 Å². The second kappa shape index (κ2) is 11.5. The van der Waals surface area contributed by atoms with Gasteiger partial charge in [-0.25, -0.2) is 16.8 Å². The summed E-state index contributed by atoms with van der Waals surface area (Å²) < 4.78 is 50.2. The Hall–Kier alpha value is -2.82. The lowest BCUT2D eigenvalue weighted by molar-refractivity contribution is 0.274. The largest absolute Gasteiger partial charge is 0.294 e. The van der Waals surface area contributed by atoms with Crippen molar-refractivity contribution in [2.75, 3.05) is 18.6 Å². The van der Waals surface area contributed by atoms with Crippen LogP contribution in [0.4, 0.5) is 0 Å². The normalized spacial score (nSPS) is 11.8. The van der Waals surface area contributed by atoms with E-state index in [1.54, 1.807) is 36.0 Å². The van der Waals surface area contributed by atoms with Gasteiger partial charge in [-0.3, -0.25) is 4.90 Å². The summed E-state index contributed by atoms with van der Waals surface area (Å²) in [5, 5.41) is 0. The fourth-order valence-corrected chi connectivity index (χ4v) is 5.48. The maximum atomic E-state index is 11.9. The van der Waals surface area contributed by atoms with Gasteiger partial charge in [0.05, 0.1) is 9.79 Å². The maximum absolute atomic E-state index is 11.9. The SMILES string of the molecule is CS(=O)(=O)c1ccc(CN(CCSc2ccccc2)Cc2ccc(S(=O)(=O)N=[N+]=[N-])cc2)cc1. The van der Waals surface area contributed by atoms with Gasteiger partial charge < -0.3 is 0 Å². The predicted molar refractivity (Wildman–Crippen MR) is 134 cm³/mol. The average Bonchev–Trinajstić information content (AvgIpc) is 2.80. The van der Waals surface area contributed by atoms with Crippen molar-refractivity contribution in [1.29, 1.82) is 0 Å². The summed E-state index contributed by atoms with van der Waals surface area (Å²) in [5.41, 5.74) is 10.3. The van der Waals surface area contributed by atoms with E-state index in [4.69, 9.17) is 5.53 Å². The highest BCUT2D eigenvalue weighted by Gasteiger charge is 2.13. The van der Waals surface area contributed by atoms with Crippen LogP contribution in [0.15, 0.2) is 98.1 Å². The van der Waals surface area contributed by atoms with E-state index in [2.05, 4.69) is 26.5 Å². The van der Waals surface area contributed by atoms with Gasteiger partial charge >= 0.3 is 0 Å². The van der Waals surface area contributed by atoms with Crippen molar-refractivity contribution < 1.29 is 16.8 Å². The minimum Gasteiger partial charge on any atom is -0.294 e. The van der Waals surface area contributed by atoms with Gasteiger partial charge in [-0.1, -0.05) is 42.5 Å². The van der Waals surface area contributed by atoms with Crippen molar-refractivity contribution in [2.24, 2.45) is 4.52 Å². The molecule has 0 atom stereocenters. The standard InChI is InChI=1S/C23H24N4O4S3/c1-33(28,29)22-11-7-19(8-12-22)17-27(15-16-32-21-5-3-2-4-6-21)18-20-9-13-23(14-10-20)34(30,31)26-25-24/h2-14H,15-18H2,1H3. The van der Waals surface area contributed by atoms with Crippen molar-refractivity contribution >= 4 is 31.6 Å². The van der Waals surface area contributed by atoms with E-state index in [9.17, 15) is 16.8 Å². The molecular weight excluding hydrogens is 492 g/mol. The van der Waals surface area contributed by atoms with Crippen molar-refractivity contribution in [3.05, 3.63) is 100 Å². The molecular formula is C23H24N4O4S3. The first-order chi connectivity index (χ1) is 16.2. The monoisotopic (exact) mass is 516 g/mol. The van der Waals surface area contributed by atoms with Crippen LogP contribution in [0.3, 0.4) is 0 Å². The van der Waals surface area contributed by atoms with Gasteiger partial charge in [0.25, 0.3) is 10.0 Å². The van der Waals surface area contributed by atoms with Gasteiger partial charge in [0.1, 0.15) is 0 Å². The molecule has 0 aliphatic carbocycles. The smallest absolute Gasteiger partial charge is 0.264 e. The lowest BCUT2D eigenvalue weighted by Crippen LogP contribution is -2.25. The summed E-state index contributed by atoms with van der Waals surface area (Å²) in [5.74, 6) is 0.842. The Labute approximate surface area is 204 Å². The summed E-state index contributed by atoms with van der Waals surface area (Å²) >= 11 is 1.74. The highest BCUT2D eigenvalue weighted by atomic mass is 32.2. The van der Waals surface area contributed by atoms with Crippen LogP contribution in [0.1, 0.15) is 11.1 Å². The Morgan fingerprint density at radius 3 is 1.85 bits per heavy atom. The first-order valence-corrected chi connectivity index (χ1v) is 14.6. The van der Waals surface area contributed by atoms with E-state index >= 15 is 0 Å². The van der Waals surface area contributed by atoms with Gasteiger partial charge in [0.2, 0.25) is 0 Å². The fourth-order valence-electron chi connectivity index (χ4n) is 3.24. The number of hydrogen-bond donors (Lipinski definition) is 0. The predicted octanol–water partition coefficient (Wildman–Crippen LogP) is 4.88. The molecule has 0 N–H and O–H groups in total. The minimum atomic E-state index is -4.02. The second-order valence-electron chi connectivity index (χ2n) is 7.58. The number of benzene rings is 3. The Morgan fingerprint density at radius 1 is 0.824 bits per heavy atom. The lowest BCUT2D eigenvalue weighted by Gasteiger charge is -2.23. The van der Waals surface area contributed by atoms with Gasteiger partial charge in [-0.15, -0.1) is 11.8 Å². The van der Waals surface area contributed by atoms with E-state index < -0.39 is 19.9 Å². The van der Waals surface area contributed by atoms with Gasteiger partial charge in [0, 0.05) is 46.0 Å². The molecule has 0 amide bonds. The maximum Gasteiger partial charge on any atom is 0.264 e. The lowest BCUT2D eigenvalue weighted by atomic mass is 10.1. The first kappa shape index (κ1) is 25.8. The number of azide groups is 1. The third-order valence-electron chi connectivity index (χ3n) is 4.95. The number of rotatable bonds is 11. The van der Waals surface area contributed by atoms with E-state index in [0.29, 0.717) is 13.1 Å². The quantitative estimate of drug-likeness (QED) is 0.155. The molecule has 0 aliphatic heterocycles.